The topological polar surface area (TPSA) is 101 Å². The van der Waals surface area contributed by atoms with E-state index in [0.29, 0.717) is 0 Å². The Kier molecular flexibility index (Phi) is 2.37. The van der Waals surface area contributed by atoms with Crippen LogP contribution < -0.4 is 0 Å². The summed E-state index contributed by atoms with van der Waals surface area (Å²) in [5, 5.41) is 28.9. The third-order valence-corrected chi connectivity index (χ3v) is 1.84. The van der Waals surface area contributed by atoms with Crippen molar-refractivity contribution in [1.82, 2.24) is 0 Å². The van der Waals surface area contributed by atoms with Crippen LogP contribution >= 0.6 is 0 Å². The first-order valence-electron chi connectivity index (χ1n) is 3.64. The van der Waals surface area contributed by atoms with Crippen molar-refractivity contribution in [2.75, 3.05) is 0 Å². The molecule has 0 amide bonds. The van der Waals surface area contributed by atoms with Gasteiger partial charge >= 0.3 is 5.69 Å². The van der Waals surface area contributed by atoms with Gasteiger partial charge in [0.05, 0.1) is 10.5 Å². The van der Waals surface area contributed by atoms with E-state index in [4.69, 9.17) is 0 Å². The smallest absolute Gasteiger partial charge is 0.311 e. The lowest BCUT2D eigenvalue weighted by Crippen LogP contribution is -1.94. The molecule has 0 aliphatic carbocycles. The van der Waals surface area contributed by atoms with Crippen LogP contribution in [0.15, 0.2) is 6.07 Å². The first kappa shape index (κ1) is 9.97. The lowest BCUT2D eigenvalue weighted by atomic mass is 10.1. The second kappa shape index (κ2) is 3.33. The van der Waals surface area contributed by atoms with Gasteiger partial charge in [-0.25, -0.2) is 0 Å². The molecule has 0 bridgehead atoms. The lowest BCUT2D eigenvalue weighted by Gasteiger charge is -2.04. The molecular formula is C8H7NO5. The minimum absolute atomic E-state index is 0.0821. The Balaban J connectivity index is 3.56. The number of rotatable bonds is 2. The molecule has 1 aromatic rings. The summed E-state index contributed by atoms with van der Waals surface area (Å²) in [6, 6.07) is 0.824. The molecule has 0 radical (unpaired) electrons. The number of aldehydes is 1. The Morgan fingerprint density at radius 1 is 1.43 bits per heavy atom. The number of hydrogen-bond donors (Lipinski definition) is 2. The Labute approximate surface area is 78.6 Å². The van der Waals surface area contributed by atoms with Gasteiger partial charge in [-0.1, -0.05) is 0 Å². The van der Waals surface area contributed by atoms with Gasteiger partial charge in [0.1, 0.15) is 5.75 Å². The van der Waals surface area contributed by atoms with Crippen LogP contribution in [0.4, 0.5) is 5.69 Å². The maximum Gasteiger partial charge on any atom is 0.311 e. The zero-order valence-electron chi connectivity index (χ0n) is 7.22. The molecule has 6 heteroatoms. The number of phenols is 2. The maximum absolute atomic E-state index is 10.4. The Hall–Kier alpha value is -2.11. The molecule has 1 aromatic carbocycles. The van der Waals surface area contributed by atoms with Crippen LogP contribution in [0.2, 0.25) is 0 Å². The highest BCUT2D eigenvalue weighted by Gasteiger charge is 2.21. The van der Waals surface area contributed by atoms with Crippen LogP contribution in [0.5, 0.6) is 11.5 Å². The van der Waals surface area contributed by atoms with E-state index in [2.05, 4.69) is 0 Å². The van der Waals surface area contributed by atoms with Gasteiger partial charge in [-0.3, -0.25) is 14.9 Å². The second-order valence-electron chi connectivity index (χ2n) is 2.68. The molecule has 0 saturated carbocycles. The number of nitrogens with zero attached hydrogens (tertiary/aromatic N) is 1. The van der Waals surface area contributed by atoms with Crippen molar-refractivity contribution in [2.45, 2.75) is 6.92 Å². The molecule has 0 aliphatic heterocycles. The molecule has 6 nitrogen and oxygen atoms in total. The molecule has 0 aliphatic rings. The van der Waals surface area contributed by atoms with Gasteiger partial charge < -0.3 is 10.2 Å². The highest BCUT2D eigenvalue weighted by atomic mass is 16.6. The third-order valence-electron chi connectivity index (χ3n) is 1.84. The standard InChI is InChI=1S/C8H7NO5/c1-4-7(11)5(3-10)2-6(8(4)12)9(13)14/h2-3,11-12H,1H3. The normalized spacial score (nSPS) is 9.79. The molecule has 0 spiro atoms. The van der Waals surface area contributed by atoms with E-state index >= 15 is 0 Å². The summed E-state index contributed by atoms with van der Waals surface area (Å²) in [5.74, 6) is -1.07. The quantitative estimate of drug-likeness (QED) is 0.420. The zero-order chi connectivity index (χ0) is 10.9. The Morgan fingerprint density at radius 2 is 2.00 bits per heavy atom. The molecule has 2 N–H and O–H groups in total. The number of carbonyl (C=O) groups is 1. The van der Waals surface area contributed by atoms with E-state index in [9.17, 15) is 25.1 Å². The molecule has 0 aromatic heterocycles. The molecule has 0 atom stereocenters. The molecule has 0 saturated heterocycles. The van der Waals surface area contributed by atoms with Crippen molar-refractivity contribution in [3.05, 3.63) is 27.3 Å². The number of aromatic hydroxyl groups is 2. The lowest BCUT2D eigenvalue weighted by molar-refractivity contribution is -0.386. The van der Waals surface area contributed by atoms with Crippen LogP contribution in [0.3, 0.4) is 0 Å². The molecule has 0 unspecified atom stereocenters. The van der Waals surface area contributed by atoms with Crippen LogP contribution in [-0.4, -0.2) is 21.4 Å². The minimum Gasteiger partial charge on any atom is -0.507 e. The average molecular weight is 197 g/mol. The predicted octanol–water partition coefficient (Wildman–Crippen LogP) is 1.13. The van der Waals surface area contributed by atoms with E-state index in [1.807, 2.05) is 0 Å². The zero-order valence-corrected chi connectivity index (χ0v) is 7.22. The summed E-state index contributed by atoms with van der Waals surface area (Å²) in [6.07, 6.45) is 0.286. The second-order valence-corrected chi connectivity index (χ2v) is 2.68. The first-order chi connectivity index (χ1) is 6.49. The highest BCUT2D eigenvalue weighted by molar-refractivity contribution is 5.83. The SMILES string of the molecule is Cc1c(O)c(C=O)cc([N+](=O)[O-])c1O. The minimum atomic E-state index is -0.825. The predicted molar refractivity (Wildman–Crippen MR) is 46.6 cm³/mol. The molecule has 74 valence electrons. The van der Waals surface area contributed by atoms with Crippen LogP contribution in [0.1, 0.15) is 15.9 Å². The van der Waals surface area contributed by atoms with Crippen molar-refractivity contribution in [3.63, 3.8) is 0 Å². The van der Waals surface area contributed by atoms with Crippen LogP contribution in [0.25, 0.3) is 0 Å². The fourth-order valence-electron chi connectivity index (χ4n) is 1.03. The number of hydrogen-bond acceptors (Lipinski definition) is 5. The van der Waals surface area contributed by atoms with Gasteiger partial charge in [-0.2, -0.15) is 0 Å². The molecular weight excluding hydrogens is 190 g/mol. The van der Waals surface area contributed by atoms with Gasteiger partial charge in [0, 0.05) is 11.6 Å². The van der Waals surface area contributed by atoms with E-state index in [0.717, 1.165) is 6.07 Å². The Morgan fingerprint density at radius 3 is 2.43 bits per heavy atom. The summed E-state index contributed by atoms with van der Waals surface area (Å²) in [4.78, 5) is 20.0. The van der Waals surface area contributed by atoms with Gasteiger partial charge in [0.25, 0.3) is 0 Å². The first-order valence-corrected chi connectivity index (χ1v) is 3.64. The van der Waals surface area contributed by atoms with Crippen molar-refractivity contribution in [1.29, 1.82) is 0 Å². The van der Waals surface area contributed by atoms with E-state index in [-0.39, 0.29) is 17.4 Å². The van der Waals surface area contributed by atoms with Gasteiger partial charge in [-0.05, 0) is 6.92 Å². The fraction of sp³-hybridized carbons (Fsp3) is 0.125. The van der Waals surface area contributed by atoms with E-state index in [1.165, 1.54) is 6.92 Å². The van der Waals surface area contributed by atoms with E-state index < -0.39 is 22.1 Å². The average Bonchev–Trinajstić information content (AvgIpc) is 2.14. The number of nitro groups is 1. The summed E-state index contributed by atoms with van der Waals surface area (Å²) in [6.45, 7) is 1.28. The van der Waals surface area contributed by atoms with Crippen molar-refractivity contribution in [2.24, 2.45) is 0 Å². The highest BCUT2D eigenvalue weighted by Crippen LogP contribution is 2.37. The summed E-state index contributed by atoms with van der Waals surface area (Å²) >= 11 is 0. The Bertz CT molecular complexity index is 413. The third kappa shape index (κ3) is 1.37. The van der Waals surface area contributed by atoms with Gasteiger partial charge in [0.15, 0.2) is 6.29 Å². The number of nitro benzene ring substituents is 1. The van der Waals surface area contributed by atoms with Crippen molar-refractivity contribution < 1.29 is 19.9 Å². The maximum atomic E-state index is 10.4. The van der Waals surface area contributed by atoms with Crippen LogP contribution in [-0.2, 0) is 0 Å². The number of phenolic OH excluding ortho intramolecular Hbond substituents is 2. The number of carbonyl (C=O) groups excluding carboxylic acids is 1. The van der Waals surface area contributed by atoms with E-state index in [1.54, 1.807) is 0 Å². The fourth-order valence-corrected chi connectivity index (χ4v) is 1.03. The van der Waals surface area contributed by atoms with Crippen molar-refractivity contribution in [3.8, 4) is 11.5 Å². The summed E-state index contributed by atoms with van der Waals surface area (Å²) < 4.78 is 0. The van der Waals surface area contributed by atoms with Crippen LogP contribution in [0, 0.1) is 17.0 Å². The molecule has 14 heavy (non-hydrogen) atoms. The largest absolute Gasteiger partial charge is 0.507 e. The molecule has 1 rings (SSSR count). The monoisotopic (exact) mass is 197 g/mol. The van der Waals surface area contributed by atoms with Gasteiger partial charge in [-0.15, -0.1) is 0 Å². The summed E-state index contributed by atoms with van der Waals surface area (Å²) in [7, 11) is 0. The summed E-state index contributed by atoms with van der Waals surface area (Å²) in [5.41, 5.74) is -0.893. The van der Waals surface area contributed by atoms with Gasteiger partial charge in [0.2, 0.25) is 5.75 Å². The van der Waals surface area contributed by atoms with Crippen molar-refractivity contribution >= 4 is 12.0 Å². The molecule has 0 heterocycles. The number of benzene rings is 1. The molecule has 0 fully saturated rings.